The van der Waals surface area contributed by atoms with Crippen LogP contribution in [0, 0.1) is 6.92 Å². The van der Waals surface area contributed by atoms with E-state index in [1.807, 2.05) is 12.3 Å². The molecule has 0 saturated carbocycles. The van der Waals surface area contributed by atoms with Crippen LogP contribution < -0.4 is 5.32 Å². The van der Waals surface area contributed by atoms with Gasteiger partial charge in [0.05, 0.1) is 5.69 Å². The van der Waals surface area contributed by atoms with Gasteiger partial charge in [0.2, 0.25) is 0 Å². The molecule has 0 bridgehead atoms. The van der Waals surface area contributed by atoms with Gasteiger partial charge in [-0.3, -0.25) is 10.1 Å². The van der Waals surface area contributed by atoms with Crippen LogP contribution in [-0.2, 0) is 6.42 Å². The first-order valence-corrected chi connectivity index (χ1v) is 7.24. The number of rotatable bonds is 4. The number of carbonyl (C=O) groups is 1. The second kappa shape index (κ2) is 6.12. The maximum absolute atomic E-state index is 12.1. The van der Waals surface area contributed by atoms with Gasteiger partial charge >= 0.3 is 0 Å². The third kappa shape index (κ3) is 3.75. The lowest BCUT2D eigenvalue weighted by molar-refractivity contribution is 0.102. The summed E-state index contributed by atoms with van der Waals surface area (Å²) in [6.07, 6.45) is 1.76. The Bertz CT molecular complexity index is 597. The van der Waals surface area contributed by atoms with Crippen LogP contribution in [0.2, 0.25) is 5.15 Å². The van der Waals surface area contributed by atoms with Crippen molar-refractivity contribution in [1.82, 2.24) is 9.97 Å². The lowest BCUT2D eigenvalue weighted by Crippen LogP contribution is -2.12. The molecule has 0 spiro atoms. The number of aromatic nitrogens is 2. The molecular weight excluding hydrogens is 282 g/mol. The highest BCUT2D eigenvalue weighted by molar-refractivity contribution is 7.13. The Hall–Kier alpha value is -1.46. The van der Waals surface area contributed by atoms with Crippen molar-refractivity contribution in [2.75, 3.05) is 5.32 Å². The van der Waals surface area contributed by atoms with Gasteiger partial charge in [0.25, 0.3) is 5.91 Å². The largest absolute Gasteiger partial charge is 0.298 e. The maximum Gasteiger partial charge on any atom is 0.257 e. The first kappa shape index (κ1) is 14.0. The van der Waals surface area contributed by atoms with Gasteiger partial charge in [-0.05, 0) is 25.5 Å². The molecule has 2 aromatic rings. The highest BCUT2D eigenvalue weighted by Crippen LogP contribution is 2.17. The lowest BCUT2D eigenvalue weighted by Gasteiger charge is -2.05. The van der Waals surface area contributed by atoms with E-state index in [1.54, 1.807) is 12.1 Å². The molecule has 0 aliphatic carbocycles. The van der Waals surface area contributed by atoms with Crippen LogP contribution in [0.15, 0.2) is 17.5 Å². The monoisotopic (exact) mass is 295 g/mol. The Balaban J connectivity index is 2.18. The number of carbonyl (C=O) groups excluding carboxylic acids is 1. The van der Waals surface area contributed by atoms with Crippen molar-refractivity contribution in [2.24, 2.45) is 0 Å². The van der Waals surface area contributed by atoms with Gasteiger partial charge in [0.1, 0.15) is 5.15 Å². The molecule has 0 aliphatic rings. The van der Waals surface area contributed by atoms with Gasteiger partial charge in [-0.25, -0.2) is 9.97 Å². The minimum absolute atomic E-state index is 0.212. The van der Waals surface area contributed by atoms with E-state index in [0.29, 0.717) is 15.8 Å². The van der Waals surface area contributed by atoms with Crippen molar-refractivity contribution >= 4 is 34.0 Å². The molecule has 0 unspecified atom stereocenters. The number of amides is 1. The number of nitrogens with zero attached hydrogens (tertiary/aromatic N) is 2. The van der Waals surface area contributed by atoms with Crippen LogP contribution in [0.5, 0.6) is 0 Å². The fraction of sp³-hybridized carbons (Fsp3) is 0.308. The Morgan fingerprint density at radius 1 is 1.42 bits per heavy atom. The molecule has 2 rings (SSSR count). The molecule has 2 heterocycles. The Labute approximate surface area is 120 Å². The van der Waals surface area contributed by atoms with E-state index >= 15 is 0 Å². The lowest BCUT2D eigenvalue weighted by atomic mass is 10.1. The Morgan fingerprint density at radius 3 is 2.84 bits per heavy atom. The van der Waals surface area contributed by atoms with Gasteiger partial charge in [-0.1, -0.05) is 24.9 Å². The molecule has 19 heavy (non-hydrogen) atoms. The summed E-state index contributed by atoms with van der Waals surface area (Å²) in [7, 11) is 0. The summed E-state index contributed by atoms with van der Waals surface area (Å²) in [6, 6.07) is 3.34. The predicted octanol–water partition coefficient (Wildman–Crippen LogP) is 3.70. The van der Waals surface area contributed by atoms with E-state index in [2.05, 4.69) is 22.2 Å². The number of hydrogen-bond acceptors (Lipinski definition) is 4. The van der Waals surface area contributed by atoms with Crippen LogP contribution in [0.25, 0.3) is 0 Å². The van der Waals surface area contributed by atoms with Crippen molar-refractivity contribution < 1.29 is 4.79 Å². The normalized spacial score (nSPS) is 10.5. The average molecular weight is 296 g/mol. The second-order valence-electron chi connectivity index (χ2n) is 4.17. The highest BCUT2D eigenvalue weighted by atomic mass is 35.5. The standard InChI is InChI=1S/C13H14ClN3OS/c1-3-4-10-5-9(6-11(14)16-10)12(18)17-13-15-8(2)7-19-13/h5-7H,3-4H2,1-2H3,(H,15,17,18). The number of hydrogen-bond donors (Lipinski definition) is 1. The molecule has 100 valence electrons. The van der Waals surface area contributed by atoms with E-state index < -0.39 is 0 Å². The van der Waals surface area contributed by atoms with E-state index in [0.717, 1.165) is 24.2 Å². The summed E-state index contributed by atoms with van der Waals surface area (Å²) in [6.45, 7) is 3.94. The molecule has 0 aromatic carbocycles. The number of pyridine rings is 1. The van der Waals surface area contributed by atoms with E-state index in [1.165, 1.54) is 11.3 Å². The summed E-state index contributed by atoms with van der Waals surface area (Å²) in [4.78, 5) is 20.5. The molecule has 0 fully saturated rings. The van der Waals surface area contributed by atoms with Crippen molar-refractivity contribution in [1.29, 1.82) is 0 Å². The number of nitrogens with one attached hydrogen (secondary N) is 1. The molecule has 4 nitrogen and oxygen atoms in total. The van der Waals surface area contributed by atoms with Crippen molar-refractivity contribution in [3.8, 4) is 0 Å². The van der Waals surface area contributed by atoms with Crippen molar-refractivity contribution in [3.63, 3.8) is 0 Å². The molecule has 0 atom stereocenters. The summed E-state index contributed by atoms with van der Waals surface area (Å²) in [5.74, 6) is -0.212. The summed E-state index contributed by atoms with van der Waals surface area (Å²) in [5, 5.41) is 5.57. The van der Waals surface area contributed by atoms with Crippen molar-refractivity contribution in [2.45, 2.75) is 26.7 Å². The average Bonchev–Trinajstić information content (AvgIpc) is 2.74. The molecule has 1 N–H and O–H groups in total. The Morgan fingerprint density at radius 2 is 2.21 bits per heavy atom. The van der Waals surface area contributed by atoms with Gasteiger partial charge < -0.3 is 0 Å². The van der Waals surface area contributed by atoms with E-state index in [9.17, 15) is 4.79 Å². The van der Waals surface area contributed by atoms with E-state index in [4.69, 9.17) is 11.6 Å². The van der Waals surface area contributed by atoms with Crippen LogP contribution >= 0.6 is 22.9 Å². The highest BCUT2D eigenvalue weighted by Gasteiger charge is 2.11. The van der Waals surface area contributed by atoms with Crippen LogP contribution in [0.4, 0.5) is 5.13 Å². The first-order valence-electron chi connectivity index (χ1n) is 5.98. The summed E-state index contributed by atoms with van der Waals surface area (Å²) >= 11 is 7.33. The smallest absolute Gasteiger partial charge is 0.257 e. The fourth-order valence-corrected chi connectivity index (χ4v) is 2.56. The molecule has 0 aliphatic heterocycles. The topological polar surface area (TPSA) is 54.9 Å². The van der Waals surface area contributed by atoms with Gasteiger partial charge in [-0.15, -0.1) is 11.3 Å². The minimum Gasteiger partial charge on any atom is -0.298 e. The molecule has 6 heteroatoms. The molecule has 2 aromatic heterocycles. The van der Waals surface area contributed by atoms with Crippen LogP contribution in [0.1, 0.15) is 35.1 Å². The van der Waals surface area contributed by atoms with E-state index in [-0.39, 0.29) is 5.91 Å². The molecular formula is C13H14ClN3OS. The minimum atomic E-state index is -0.212. The van der Waals surface area contributed by atoms with Gasteiger partial charge in [0.15, 0.2) is 5.13 Å². The summed E-state index contributed by atoms with van der Waals surface area (Å²) < 4.78 is 0. The molecule has 0 radical (unpaired) electrons. The molecule has 0 saturated heterocycles. The predicted molar refractivity (Wildman–Crippen MR) is 78.0 cm³/mol. The third-order valence-electron chi connectivity index (χ3n) is 2.45. The Kier molecular flexibility index (Phi) is 4.50. The van der Waals surface area contributed by atoms with Gasteiger partial charge in [0, 0.05) is 16.6 Å². The number of anilines is 1. The van der Waals surface area contributed by atoms with Crippen LogP contribution in [0.3, 0.4) is 0 Å². The quantitative estimate of drug-likeness (QED) is 0.875. The zero-order chi connectivity index (χ0) is 13.8. The maximum atomic E-state index is 12.1. The number of aryl methyl sites for hydroxylation is 2. The number of halogens is 1. The second-order valence-corrected chi connectivity index (χ2v) is 5.41. The first-order chi connectivity index (χ1) is 9.08. The third-order valence-corrected chi connectivity index (χ3v) is 3.52. The van der Waals surface area contributed by atoms with Crippen molar-refractivity contribution in [3.05, 3.63) is 39.6 Å². The fourth-order valence-electron chi connectivity index (χ4n) is 1.65. The zero-order valence-electron chi connectivity index (χ0n) is 10.7. The number of thiazole rings is 1. The SMILES string of the molecule is CCCc1cc(C(=O)Nc2nc(C)cs2)cc(Cl)n1. The molecule has 1 amide bonds. The zero-order valence-corrected chi connectivity index (χ0v) is 12.3. The van der Waals surface area contributed by atoms with Crippen LogP contribution in [-0.4, -0.2) is 15.9 Å². The summed E-state index contributed by atoms with van der Waals surface area (Å²) in [5.41, 5.74) is 2.23. The van der Waals surface area contributed by atoms with Gasteiger partial charge in [-0.2, -0.15) is 0 Å².